The smallest absolute Gasteiger partial charge is 0.337 e. The summed E-state index contributed by atoms with van der Waals surface area (Å²) in [6.07, 6.45) is 0. The molecule has 0 atom stereocenters. The molecule has 0 saturated heterocycles. The molecule has 0 unspecified atom stereocenters. The minimum absolute atomic E-state index is 0.482. The lowest BCUT2D eigenvalue weighted by Crippen LogP contribution is -2.47. The maximum atomic E-state index is 10.4. The van der Waals surface area contributed by atoms with Crippen LogP contribution in [0.1, 0.15) is 0 Å². The van der Waals surface area contributed by atoms with Crippen molar-refractivity contribution in [1.29, 1.82) is 0 Å². The maximum absolute atomic E-state index is 10.4. The standard InChI is InChI=1S/C4H3N3O3/c5-1-2(8)7-4(10)3(9)6-1/h(H2,5,6,9)(H,7,8,10). The molecular weight excluding hydrogens is 138 g/mol. The molecule has 0 spiro atoms. The van der Waals surface area contributed by atoms with E-state index in [1.165, 1.54) is 0 Å². The normalized spacial score (nSPS) is 18.4. The average Bonchev–Trinajstić information content (AvgIpc) is 1.84. The third-order valence-electron chi connectivity index (χ3n) is 0.876. The Balaban J connectivity index is 3.01. The summed E-state index contributed by atoms with van der Waals surface area (Å²) in [6.45, 7) is 0. The monoisotopic (exact) mass is 141 g/mol. The van der Waals surface area contributed by atoms with E-state index in [4.69, 9.17) is 5.73 Å². The minimum Gasteiger partial charge on any atom is -0.379 e. The Bertz CT molecular complexity index is 254. The highest BCUT2D eigenvalue weighted by Gasteiger charge is 2.24. The molecule has 3 amide bonds. The van der Waals surface area contributed by atoms with E-state index in [-0.39, 0.29) is 0 Å². The Kier molecular flexibility index (Phi) is 1.22. The first-order chi connectivity index (χ1) is 4.61. The molecule has 0 aromatic heterocycles. The van der Waals surface area contributed by atoms with Crippen LogP contribution in [0.5, 0.6) is 0 Å². The first-order valence-corrected chi connectivity index (χ1v) is 2.35. The fourth-order valence-electron chi connectivity index (χ4n) is 0.432. The van der Waals surface area contributed by atoms with Crippen LogP contribution in [-0.4, -0.2) is 23.6 Å². The van der Waals surface area contributed by atoms with Crippen molar-refractivity contribution >= 4 is 23.6 Å². The van der Waals surface area contributed by atoms with E-state index >= 15 is 0 Å². The van der Waals surface area contributed by atoms with E-state index in [0.29, 0.717) is 0 Å². The fourth-order valence-corrected chi connectivity index (χ4v) is 0.432. The Morgan fingerprint density at radius 1 is 1.20 bits per heavy atom. The van der Waals surface area contributed by atoms with Crippen molar-refractivity contribution in [2.24, 2.45) is 10.7 Å². The van der Waals surface area contributed by atoms with Crippen molar-refractivity contribution in [2.45, 2.75) is 0 Å². The van der Waals surface area contributed by atoms with Crippen molar-refractivity contribution in [3.8, 4) is 0 Å². The van der Waals surface area contributed by atoms with Gasteiger partial charge in [0.2, 0.25) is 0 Å². The lowest BCUT2D eigenvalue weighted by atomic mass is 10.4. The van der Waals surface area contributed by atoms with Crippen LogP contribution >= 0.6 is 0 Å². The van der Waals surface area contributed by atoms with Crippen molar-refractivity contribution in [3.05, 3.63) is 0 Å². The molecule has 0 radical (unpaired) electrons. The van der Waals surface area contributed by atoms with Crippen LogP contribution in [-0.2, 0) is 14.4 Å². The highest BCUT2D eigenvalue weighted by molar-refractivity contribution is 6.53. The first kappa shape index (κ1) is 6.40. The Morgan fingerprint density at radius 3 is 2.30 bits per heavy atom. The summed E-state index contributed by atoms with van der Waals surface area (Å²) < 4.78 is 0. The second kappa shape index (κ2) is 1.90. The zero-order valence-electron chi connectivity index (χ0n) is 4.75. The molecule has 0 saturated carbocycles. The van der Waals surface area contributed by atoms with Gasteiger partial charge >= 0.3 is 11.8 Å². The highest BCUT2D eigenvalue weighted by atomic mass is 16.2. The number of carbonyl (C=O) groups is 3. The van der Waals surface area contributed by atoms with Gasteiger partial charge in [-0.3, -0.25) is 19.7 Å². The number of nitrogens with two attached hydrogens (primary N) is 1. The second-order valence-electron chi connectivity index (χ2n) is 1.59. The second-order valence-corrected chi connectivity index (χ2v) is 1.59. The van der Waals surface area contributed by atoms with Crippen LogP contribution in [0.2, 0.25) is 0 Å². The average molecular weight is 141 g/mol. The van der Waals surface area contributed by atoms with Gasteiger partial charge in [0.1, 0.15) is 0 Å². The fraction of sp³-hybridized carbons (Fsp3) is 0. The minimum atomic E-state index is -1.04. The van der Waals surface area contributed by atoms with Gasteiger partial charge in [-0.25, -0.2) is 0 Å². The molecule has 52 valence electrons. The number of rotatable bonds is 0. The van der Waals surface area contributed by atoms with Crippen LogP contribution in [0.3, 0.4) is 0 Å². The number of amides is 3. The Hall–Kier alpha value is -1.72. The molecule has 6 nitrogen and oxygen atoms in total. The van der Waals surface area contributed by atoms with Gasteiger partial charge in [-0.1, -0.05) is 0 Å². The lowest BCUT2D eigenvalue weighted by molar-refractivity contribution is -0.140. The summed E-state index contributed by atoms with van der Waals surface area (Å²) in [5.41, 5.74) is 4.90. The molecule has 1 aliphatic rings. The number of hydrogen-bond acceptors (Lipinski definition) is 4. The molecule has 1 rings (SSSR count). The summed E-state index contributed by atoms with van der Waals surface area (Å²) in [5, 5.41) is 1.70. The summed E-state index contributed by atoms with van der Waals surface area (Å²) >= 11 is 0. The van der Waals surface area contributed by atoms with E-state index in [1.54, 1.807) is 5.32 Å². The van der Waals surface area contributed by atoms with E-state index in [1.807, 2.05) is 0 Å². The Morgan fingerprint density at radius 2 is 1.80 bits per heavy atom. The molecule has 0 bridgehead atoms. The molecule has 10 heavy (non-hydrogen) atoms. The van der Waals surface area contributed by atoms with Gasteiger partial charge < -0.3 is 5.73 Å². The quantitative estimate of drug-likeness (QED) is 0.288. The van der Waals surface area contributed by atoms with Gasteiger partial charge in [-0.2, -0.15) is 4.99 Å². The lowest BCUT2D eigenvalue weighted by Gasteiger charge is -2.04. The third-order valence-corrected chi connectivity index (χ3v) is 0.876. The third kappa shape index (κ3) is 0.859. The van der Waals surface area contributed by atoms with Gasteiger partial charge in [0.05, 0.1) is 0 Å². The topological polar surface area (TPSA) is 102 Å². The van der Waals surface area contributed by atoms with Crippen LogP contribution in [0.25, 0.3) is 0 Å². The van der Waals surface area contributed by atoms with Crippen molar-refractivity contribution in [1.82, 2.24) is 5.32 Å². The summed E-state index contributed by atoms with van der Waals surface area (Å²) in [6, 6.07) is 0. The SMILES string of the molecule is NC1=NC(=O)C(=O)NC1=O. The number of imide groups is 1. The van der Waals surface area contributed by atoms with Gasteiger partial charge in [-0.15, -0.1) is 0 Å². The molecule has 0 fully saturated rings. The molecule has 1 aliphatic heterocycles. The number of carbonyl (C=O) groups excluding carboxylic acids is 3. The predicted octanol–water partition coefficient (Wildman–Crippen LogP) is -2.47. The van der Waals surface area contributed by atoms with Gasteiger partial charge in [0, 0.05) is 0 Å². The summed E-state index contributed by atoms with van der Waals surface area (Å²) in [7, 11) is 0. The van der Waals surface area contributed by atoms with Crippen LogP contribution in [0.4, 0.5) is 0 Å². The molecule has 0 aliphatic carbocycles. The van der Waals surface area contributed by atoms with Crippen molar-refractivity contribution in [2.75, 3.05) is 0 Å². The van der Waals surface area contributed by atoms with E-state index < -0.39 is 23.6 Å². The zero-order valence-corrected chi connectivity index (χ0v) is 4.75. The molecule has 0 aromatic carbocycles. The number of amidine groups is 1. The first-order valence-electron chi connectivity index (χ1n) is 2.35. The largest absolute Gasteiger partial charge is 0.379 e. The van der Waals surface area contributed by atoms with Gasteiger partial charge in [-0.05, 0) is 0 Å². The Labute approximate surface area is 55.1 Å². The maximum Gasteiger partial charge on any atom is 0.337 e. The molecule has 0 aromatic rings. The summed E-state index contributed by atoms with van der Waals surface area (Å²) in [5.74, 6) is -3.40. The van der Waals surface area contributed by atoms with E-state index in [2.05, 4.69) is 4.99 Å². The van der Waals surface area contributed by atoms with Crippen LogP contribution < -0.4 is 11.1 Å². The molecular formula is C4H3N3O3. The van der Waals surface area contributed by atoms with Crippen molar-refractivity contribution in [3.63, 3.8) is 0 Å². The van der Waals surface area contributed by atoms with Gasteiger partial charge in [0.15, 0.2) is 5.84 Å². The van der Waals surface area contributed by atoms with E-state index in [9.17, 15) is 14.4 Å². The predicted molar refractivity (Wildman–Crippen MR) is 29.8 cm³/mol. The number of hydrogen-bond donors (Lipinski definition) is 2. The number of nitrogens with one attached hydrogen (secondary N) is 1. The number of aliphatic imine (C=N–C) groups is 1. The molecule has 1 heterocycles. The van der Waals surface area contributed by atoms with Crippen molar-refractivity contribution < 1.29 is 14.4 Å². The van der Waals surface area contributed by atoms with Crippen LogP contribution in [0, 0.1) is 0 Å². The zero-order chi connectivity index (χ0) is 7.72. The van der Waals surface area contributed by atoms with Gasteiger partial charge in [0.25, 0.3) is 5.91 Å². The summed E-state index contributed by atoms with van der Waals surface area (Å²) in [4.78, 5) is 34.0. The molecule has 6 heteroatoms. The number of nitrogens with zero attached hydrogens (tertiary/aromatic N) is 1. The van der Waals surface area contributed by atoms with Crippen LogP contribution in [0.15, 0.2) is 4.99 Å². The molecule has 3 N–H and O–H groups in total. The highest BCUT2D eigenvalue weighted by Crippen LogP contribution is 1.84. The van der Waals surface area contributed by atoms with E-state index in [0.717, 1.165) is 0 Å².